The Bertz CT molecular complexity index is 434. The first-order valence-corrected chi connectivity index (χ1v) is 7.80. The van der Waals surface area contributed by atoms with Gasteiger partial charge in [-0.05, 0) is 32.2 Å². The zero-order valence-corrected chi connectivity index (χ0v) is 12.9. The monoisotopic (exact) mass is 295 g/mol. The minimum absolute atomic E-state index is 0.241. The first-order chi connectivity index (χ1) is 10.1. The predicted octanol–water partition coefficient (Wildman–Crippen LogP) is 1.24. The van der Waals surface area contributed by atoms with Gasteiger partial charge in [-0.3, -0.25) is 4.90 Å². The van der Waals surface area contributed by atoms with Gasteiger partial charge in [-0.15, -0.1) is 0 Å². The molecule has 0 aromatic carbocycles. The lowest BCUT2D eigenvalue weighted by Gasteiger charge is -2.34. The lowest BCUT2D eigenvalue weighted by molar-refractivity contribution is -0.138. The standard InChI is InChI=1S/C15H25N3O3/c1-3-11-6-5-7-18(9-11)10-13-12(14(19)21-4-2)8-16-15(20)17-13/h11H,3-10H2,1-2H3,(H2,16,17,20). The van der Waals surface area contributed by atoms with Gasteiger partial charge in [0.1, 0.15) is 0 Å². The number of likely N-dealkylation sites (tertiary alicyclic amines) is 1. The number of amides is 2. The first-order valence-electron chi connectivity index (χ1n) is 7.80. The Morgan fingerprint density at radius 3 is 2.95 bits per heavy atom. The Morgan fingerprint density at radius 1 is 1.43 bits per heavy atom. The summed E-state index contributed by atoms with van der Waals surface area (Å²) in [5.41, 5.74) is 1.23. The number of piperidine rings is 1. The Hall–Kier alpha value is -1.56. The summed E-state index contributed by atoms with van der Waals surface area (Å²) in [5, 5.41) is 5.40. The van der Waals surface area contributed by atoms with E-state index in [0.717, 1.165) is 13.1 Å². The highest BCUT2D eigenvalue weighted by Crippen LogP contribution is 2.20. The van der Waals surface area contributed by atoms with Gasteiger partial charge in [-0.25, -0.2) is 9.59 Å². The summed E-state index contributed by atoms with van der Waals surface area (Å²) in [6.45, 7) is 7.22. The zero-order valence-electron chi connectivity index (χ0n) is 12.9. The zero-order chi connectivity index (χ0) is 15.2. The molecule has 0 spiro atoms. The van der Waals surface area contributed by atoms with Gasteiger partial charge < -0.3 is 15.4 Å². The maximum Gasteiger partial charge on any atom is 0.337 e. The van der Waals surface area contributed by atoms with Crippen molar-refractivity contribution in [3.63, 3.8) is 0 Å². The molecule has 1 atom stereocenters. The number of ether oxygens (including phenoxy) is 1. The Labute approximate surface area is 125 Å². The fourth-order valence-electron chi connectivity index (χ4n) is 2.93. The van der Waals surface area contributed by atoms with E-state index in [1.165, 1.54) is 19.3 Å². The molecule has 2 rings (SSSR count). The van der Waals surface area contributed by atoms with E-state index in [9.17, 15) is 9.59 Å². The highest BCUT2D eigenvalue weighted by Gasteiger charge is 2.26. The van der Waals surface area contributed by atoms with Crippen molar-refractivity contribution >= 4 is 12.0 Å². The van der Waals surface area contributed by atoms with Gasteiger partial charge in [0.25, 0.3) is 0 Å². The van der Waals surface area contributed by atoms with E-state index >= 15 is 0 Å². The molecule has 0 radical (unpaired) electrons. The molecular formula is C15H25N3O3. The van der Waals surface area contributed by atoms with Crippen molar-refractivity contribution in [2.45, 2.75) is 33.1 Å². The minimum Gasteiger partial charge on any atom is -0.463 e. The van der Waals surface area contributed by atoms with Crippen LogP contribution in [0.5, 0.6) is 0 Å². The molecule has 2 aliphatic rings. The van der Waals surface area contributed by atoms with Gasteiger partial charge in [-0.1, -0.05) is 13.3 Å². The van der Waals surface area contributed by atoms with Gasteiger partial charge in [0, 0.05) is 18.8 Å². The lowest BCUT2D eigenvalue weighted by atomic mass is 9.95. The van der Waals surface area contributed by atoms with E-state index < -0.39 is 0 Å². The van der Waals surface area contributed by atoms with Gasteiger partial charge in [0.15, 0.2) is 0 Å². The summed E-state index contributed by atoms with van der Waals surface area (Å²) >= 11 is 0. The molecular weight excluding hydrogens is 270 g/mol. The van der Waals surface area contributed by atoms with E-state index in [-0.39, 0.29) is 18.5 Å². The van der Waals surface area contributed by atoms with Gasteiger partial charge in [0.2, 0.25) is 0 Å². The summed E-state index contributed by atoms with van der Waals surface area (Å²) in [7, 11) is 0. The third-order valence-electron chi connectivity index (χ3n) is 4.14. The van der Waals surface area contributed by atoms with Crippen molar-refractivity contribution in [1.82, 2.24) is 15.5 Å². The third-order valence-corrected chi connectivity index (χ3v) is 4.14. The molecule has 6 nitrogen and oxygen atoms in total. The van der Waals surface area contributed by atoms with Gasteiger partial charge in [-0.2, -0.15) is 0 Å². The number of urea groups is 1. The second-order valence-corrected chi connectivity index (χ2v) is 5.64. The predicted molar refractivity (Wildman–Crippen MR) is 79.6 cm³/mol. The SMILES string of the molecule is CCOC(=O)C1=C(CN2CCCC(CC)C2)NC(=O)NC1. The molecule has 21 heavy (non-hydrogen) atoms. The van der Waals surface area contributed by atoms with Crippen LogP contribution < -0.4 is 10.6 Å². The van der Waals surface area contributed by atoms with Crippen molar-refractivity contribution in [2.75, 3.05) is 32.8 Å². The molecule has 2 amide bonds. The molecule has 0 aromatic rings. The second-order valence-electron chi connectivity index (χ2n) is 5.64. The maximum absolute atomic E-state index is 12.0. The molecule has 2 N–H and O–H groups in total. The van der Waals surface area contributed by atoms with Crippen LogP contribution in [0.25, 0.3) is 0 Å². The summed E-state index contributed by atoms with van der Waals surface area (Å²) in [5.74, 6) is 0.367. The van der Waals surface area contributed by atoms with Crippen LogP contribution in [-0.4, -0.2) is 49.7 Å². The van der Waals surface area contributed by atoms with Crippen molar-refractivity contribution in [3.8, 4) is 0 Å². The summed E-state index contributed by atoms with van der Waals surface area (Å²) < 4.78 is 5.07. The van der Waals surface area contributed by atoms with Crippen molar-refractivity contribution < 1.29 is 14.3 Å². The van der Waals surface area contributed by atoms with E-state index in [1.54, 1.807) is 6.92 Å². The maximum atomic E-state index is 12.0. The first kappa shape index (κ1) is 15.8. The number of rotatable bonds is 5. The summed E-state index contributed by atoms with van der Waals surface area (Å²) in [6.07, 6.45) is 3.62. The Balaban J connectivity index is 2.08. The molecule has 1 saturated heterocycles. The molecule has 118 valence electrons. The topological polar surface area (TPSA) is 70.7 Å². The van der Waals surface area contributed by atoms with Crippen LogP contribution in [0.1, 0.15) is 33.1 Å². The largest absolute Gasteiger partial charge is 0.463 e. The minimum atomic E-state index is -0.343. The molecule has 1 unspecified atom stereocenters. The van der Waals surface area contributed by atoms with Gasteiger partial charge in [0.05, 0.1) is 18.7 Å². The lowest BCUT2D eigenvalue weighted by Crippen LogP contribution is -2.48. The van der Waals surface area contributed by atoms with E-state index in [0.29, 0.717) is 30.3 Å². The highest BCUT2D eigenvalue weighted by molar-refractivity contribution is 5.93. The van der Waals surface area contributed by atoms with Crippen LogP contribution in [0.15, 0.2) is 11.3 Å². The van der Waals surface area contributed by atoms with Crippen LogP contribution >= 0.6 is 0 Å². The number of carbonyl (C=O) groups excluding carboxylic acids is 2. The number of hydrogen-bond donors (Lipinski definition) is 2. The summed E-state index contributed by atoms with van der Waals surface area (Å²) in [4.78, 5) is 25.8. The van der Waals surface area contributed by atoms with Crippen LogP contribution in [-0.2, 0) is 9.53 Å². The molecule has 1 fully saturated rings. The van der Waals surface area contributed by atoms with Crippen LogP contribution in [0.2, 0.25) is 0 Å². The van der Waals surface area contributed by atoms with Crippen molar-refractivity contribution in [1.29, 1.82) is 0 Å². The number of nitrogens with zero attached hydrogens (tertiary/aromatic N) is 1. The highest BCUT2D eigenvalue weighted by atomic mass is 16.5. The number of hydrogen-bond acceptors (Lipinski definition) is 4. The molecule has 2 heterocycles. The normalized spacial score (nSPS) is 23.5. The molecule has 6 heteroatoms. The fourth-order valence-corrected chi connectivity index (χ4v) is 2.93. The van der Waals surface area contributed by atoms with Crippen molar-refractivity contribution in [3.05, 3.63) is 11.3 Å². The molecule has 2 aliphatic heterocycles. The van der Waals surface area contributed by atoms with E-state index in [1.807, 2.05) is 0 Å². The Morgan fingerprint density at radius 2 is 2.24 bits per heavy atom. The fraction of sp³-hybridized carbons (Fsp3) is 0.733. The third kappa shape index (κ3) is 4.20. The number of nitrogens with one attached hydrogen (secondary N) is 2. The smallest absolute Gasteiger partial charge is 0.337 e. The average Bonchev–Trinajstić information content (AvgIpc) is 2.48. The Kier molecular flexibility index (Phi) is 5.61. The molecule has 0 saturated carbocycles. The van der Waals surface area contributed by atoms with Gasteiger partial charge >= 0.3 is 12.0 Å². The number of carbonyl (C=O) groups is 2. The van der Waals surface area contributed by atoms with Crippen molar-refractivity contribution in [2.24, 2.45) is 5.92 Å². The second kappa shape index (κ2) is 7.45. The van der Waals surface area contributed by atoms with E-state index in [2.05, 4.69) is 22.5 Å². The van der Waals surface area contributed by atoms with E-state index in [4.69, 9.17) is 4.74 Å². The molecule has 0 bridgehead atoms. The molecule has 0 aliphatic carbocycles. The average molecular weight is 295 g/mol. The molecule has 0 aromatic heterocycles. The van der Waals surface area contributed by atoms with Crippen LogP contribution in [0.4, 0.5) is 4.79 Å². The quantitative estimate of drug-likeness (QED) is 0.749. The summed E-state index contributed by atoms with van der Waals surface area (Å²) in [6, 6.07) is -0.248. The number of esters is 1. The van der Waals surface area contributed by atoms with Crippen LogP contribution in [0, 0.1) is 5.92 Å². The van der Waals surface area contributed by atoms with Crippen LogP contribution in [0.3, 0.4) is 0 Å².